The van der Waals surface area contributed by atoms with Crippen molar-refractivity contribution in [3.05, 3.63) is 29.8 Å². The third kappa shape index (κ3) is 5.99. The molecule has 6 nitrogen and oxygen atoms in total. The molecule has 1 saturated carbocycles. The summed E-state index contributed by atoms with van der Waals surface area (Å²) in [4.78, 5) is 19.1. The van der Waals surface area contributed by atoms with E-state index in [0.717, 1.165) is 49.6 Å². The third-order valence-corrected chi connectivity index (χ3v) is 5.66. The molecule has 1 aromatic carbocycles. The SMILES string of the molecule is CN=C(NCc1ccccc1OC)NC1CCN(C(=O)C2CCCCC2)C1.I. The summed E-state index contributed by atoms with van der Waals surface area (Å²) in [7, 11) is 3.46. The molecule has 1 aliphatic carbocycles. The first-order chi connectivity index (χ1) is 13.2. The van der Waals surface area contributed by atoms with Crippen molar-refractivity contribution in [2.45, 2.75) is 51.1 Å². The molecular formula is C21H33IN4O2. The molecular weight excluding hydrogens is 467 g/mol. The number of nitrogens with one attached hydrogen (secondary N) is 2. The molecule has 1 aliphatic heterocycles. The second kappa shape index (κ2) is 11.5. The van der Waals surface area contributed by atoms with E-state index in [1.807, 2.05) is 29.2 Å². The van der Waals surface area contributed by atoms with Gasteiger partial charge in [0.05, 0.1) is 7.11 Å². The molecule has 0 aromatic heterocycles. The van der Waals surface area contributed by atoms with Crippen LogP contribution in [-0.2, 0) is 11.3 Å². The first kappa shape index (κ1) is 22.8. The minimum atomic E-state index is 0. The lowest BCUT2D eigenvalue weighted by Gasteiger charge is -2.26. The number of ether oxygens (including phenoxy) is 1. The molecule has 1 heterocycles. The fourth-order valence-corrected chi connectivity index (χ4v) is 4.10. The van der Waals surface area contributed by atoms with Gasteiger partial charge >= 0.3 is 0 Å². The molecule has 2 aliphatic rings. The Bertz CT molecular complexity index is 662. The molecule has 2 N–H and O–H groups in total. The summed E-state index contributed by atoms with van der Waals surface area (Å²) in [5.74, 6) is 2.24. The summed E-state index contributed by atoms with van der Waals surface area (Å²) in [5.41, 5.74) is 1.09. The molecule has 1 saturated heterocycles. The fourth-order valence-electron chi connectivity index (χ4n) is 4.10. The Hall–Kier alpha value is -1.51. The highest BCUT2D eigenvalue weighted by Crippen LogP contribution is 2.26. The van der Waals surface area contributed by atoms with Crippen LogP contribution in [0.2, 0.25) is 0 Å². The van der Waals surface area contributed by atoms with Gasteiger partial charge in [-0.2, -0.15) is 0 Å². The molecule has 0 bridgehead atoms. The summed E-state index contributed by atoms with van der Waals surface area (Å²) in [6.07, 6.45) is 6.78. The van der Waals surface area contributed by atoms with Crippen LogP contribution in [0.25, 0.3) is 0 Å². The molecule has 7 heteroatoms. The summed E-state index contributed by atoms with van der Waals surface area (Å²) in [6, 6.07) is 8.22. The van der Waals surface area contributed by atoms with Gasteiger partial charge in [0.15, 0.2) is 5.96 Å². The predicted octanol–water partition coefficient (Wildman–Crippen LogP) is 3.16. The van der Waals surface area contributed by atoms with Crippen molar-refractivity contribution in [1.29, 1.82) is 0 Å². The predicted molar refractivity (Wildman–Crippen MR) is 123 cm³/mol. The number of aliphatic imine (C=N–C) groups is 1. The number of guanidine groups is 1. The zero-order chi connectivity index (χ0) is 19.1. The average Bonchev–Trinajstić information content (AvgIpc) is 3.19. The highest BCUT2D eigenvalue weighted by Gasteiger charge is 2.31. The summed E-state index contributed by atoms with van der Waals surface area (Å²) in [5, 5.41) is 6.82. The van der Waals surface area contributed by atoms with Gasteiger partial charge in [-0.3, -0.25) is 9.79 Å². The largest absolute Gasteiger partial charge is 0.496 e. The molecule has 156 valence electrons. The lowest BCUT2D eigenvalue weighted by atomic mass is 9.88. The first-order valence-electron chi connectivity index (χ1n) is 10.1. The Morgan fingerprint density at radius 1 is 1.21 bits per heavy atom. The zero-order valence-electron chi connectivity index (χ0n) is 16.9. The van der Waals surface area contributed by atoms with E-state index in [1.54, 1.807) is 14.2 Å². The van der Waals surface area contributed by atoms with Crippen molar-refractivity contribution >= 4 is 35.8 Å². The van der Waals surface area contributed by atoms with E-state index in [2.05, 4.69) is 15.6 Å². The van der Waals surface area contributed by atoms with Gasteiger partial charge in [0.25, 0.3) is 0 Å². The smallest absolute Gasteiger partial charge is 0.225 e. The fraction of sp³-hybridized carbons (Fsp3) is 0.619. The summed E-state index contributed by atoms with van der Waals surface area (Å²) < 4.78 is 5.40. The van der Waals surface area contributed by atoms with Crippen LogP contribution in [0.1, 0.15) is 44.1 Å². The standard InChI is InChI=1S/C21H32N4O2.HI/c1-22-21(23-14-17-10-6-7-11-19(17)27-2)24-18-12-13-25(15-18)20(26)16-8-4-3-5-9-16;/h6-7,10-11,16,18H,3-5,8-9,12-15H2,1-2H3,(H2,22,23,24);1H. The molecule has 2 fully saturated rings. The number of methoxy groups -OCH3 is 1. The topological polar surface area (TPSA) is 66.0 Å². The highest BCUT2D eigenvalue weighted by atomic mass is 127. The highest BCUT2D eigenvalue weighted by molar-refractivity contribution is 14.0. The number of amides is 1. The van der Waals surface area contributed by atoms with E-state index in [-0.39, 0.29) is 35.9 Å². The molecule has 1 atom stereocenters. The second-order valence-corrected chi connectivity index (χ2v) is 7.49. The number of benzene rings is 1. The van der Waals surface area contributed by atoms with Gasteiger partial charge < -0.3 is 20.3 Å². The van der Waals surface area contributed by atoms with Gasteiger partial charge in [-0.05, 0) is 25.3 Å². The number of hydrogen-bond donors (Lipinski definition) is 2. The number of halogens is 1. The van der Waals surface area contributed by atoms with Crippen molar-refractivity contribution in [3.8, 4) is 5.75 Å². The van der Waals surface area contributed by atoms with Crippen LogP contribution in [0.15, 0.2) is 29.3 Å². The Kier molecular flexibility index (Phi) is 9.34. The van der Waals surface area contributed by atoms with Crippen molar-refractivity contribution < 1.29 is 9.53 Å². The van der Waals surface area contributed by atoms with E-state index in [9.17, 15) is 4.79 Å². The molecule has 1 amide bonds. The number of carbonyl (C=O) groups is 1. The third-order valence-electron chi connectivity index (χ3n) is 5.66. The van der Waals surface area contributed by atoms with Gasteiger partial charge in [-0.1, -0.05) is 37.5 Å². The van der Waals surface area contributed by atoms with E-state index in [4.69, 9.17) is 4.74 Å². The Morgan fingerprint density at radius 3 is 2.68 bits per heavy atom. The number of carbonyl (C=O) groups excluding carboxylic acids is 1. The van der Waals surface area contributed by atoms with Gasteiger partial charge in [-0.25, -0.2) is 0 Å². The summed E-state index contributed by atoms with van der Waals surface area (Å²) in [6.45, 7) is 2.25. The molecule has 0 spiro atoms. The average molecular weight is 500 g/mol. The van der Waals surface area contributed by atoms with Gasteiger partial charge in [-0.15, -0.1) is 24.0 Å². The minimum Gasteiger partial charge on any atom is -0.496 e. The Labute approximate surface area is 185 Å². The zero-order valence-corrected chi connectivity index (χ0v) is 19.3. The van der Waals surface area contributed by atoms with Gasteiger partial charge in [0.1, 0.15) is 5.75 Å². The van der Waals surface area contributed by atoms with Crippen molar-refractivity contribution in [1.82, 2.24) is 15.5 Å². The molecule has 1 unspecified atom stereocenters. The van der Waals surface area contributed by atoms with Gasteiger partial charge in [0, 0.05) is 44.2 Å². The molecule has 28 heavy (non-hydrogen) atoms. The van der Waals surface area contributed by atoms with Crippen LogP contribution < -0.4 is 15.4 Å². The number of para-hydroxylation sites is 1. The van der Waals surface area contributed by atoms with E-state index in [1.165, 1.54) is 19.3 Å². The number of likely N-dealkylation sites (tertiary alicyclic amines) is 1. The maximum absolute atomic E-state index is 12.7. The van der Waals surface area contributed by atoms with Crippen molar-refractivity contribution in [3.63, 3.8) is 0 Å². The molecule has 1 aromatic rings. The van der Waals surface area contributed by atoms with Crippen LogP contribution in [-0.4, -0.2) is 50.1 Å². The number of nitrogens with zero attached hydrogens (tertiary/aromatic N) is 2. The van der Waals surface area contributed by atoms with Crippen LogP contribution in [0, 0.1) is 5.92 Å². The number of hydrogen-bond acceptors (Lipinski definition) is 3. The van der Waals surface area contributed by atoms with Gasteiger partial charge in [0.2, 0.25) is 5.91 Å². The van der Waals surface area contributed by atoms with Crippen molar-refractivity contribution in [2.75, 3.05) is 27.2 Å². The quantitative estimate of drug-likeness (QED) is 0.371. The van der Waals surface area contributed by atoms with E-state index < -0.39 is 0 Å². The first-order valence-corrected chi connectivity index (χ1v) is 10.1. The normalized spacial score (nSPS) is 20.4. The van der Waals surface area contributed by atoms with Crippen LogP contribution >= 0.6 is 24.0 Å². The lowest BCUT2D eigenvalue weighted by Crippen LogP contribution is -2.45. The Morgan fingerprint density at radius 2 is 1.96 bits per heavy atom. The monoisotopic (exact) mass is 500 g/mol. The van der Waals surface area contributed by atoms with Crippen LogP contribution in [0.4, 0.5) is 0 Å². The minimum absolute atomic E-state index is 0. The summed E-state index contributed by atoms with van der Waals surface area (Å²) >= 11 is 0. The lowest BCUT2D eigenvalue weighted by molar-refractivity contribution is -0.135. The second-order valence-electron chi connectivity index (χ2n) is 7.49. The maximum atomic E-state index is 12.7. The molecule has 3 rings (SSSR count). The van der Waals surface area contributed by atoms with Crippen LogP contribution in [0.5, 0.6) is 5.75 Å². The van der Waals surface area contributed by atoms with E-state index >= 15 is 0 Å². The Balaban J connectivity index is 0.00000280. The van der Waals surface area contributed by atoms with E-state index in [0.29, 0.717) is 12.5 Å². The molecule has 0 radical (unpaired) electrons. The number of rotatable bonds is 5. The maximum Gasteiger partial charge on any atom is 0.225 e. The van der Waals surface area contributed by atoms with Crippen molar-refractivity contribution in [2.24, 2.45) is 10.9 Å². The van der Waals surface area contributed by atoms with Crippen LogP contribution in [0.3, 0.4) is 0 Å².